The van der Waals surface area contributed by atoms with Crippen LogP contribution in [-0.2, 0) is 7.05 Å². The first-order chi connectivity index (χ1) is 8.19. The van der Waals surface area contributed by atoms with E-state index in [1.165, 1.54) is 5.56 Å². The Balaban J connectivity index is 2.72. The molecule has 0 bridgehead atoms. The number of rotatable bonds is 6. The first kappa shape index (κ1) is 13.8. The van der Waals surface area contributed by atoms with Crippen molar-refractivity contribution in [2.75, 3.05) is 6.54 Å². The van der Waals surface area contributed by atoms with Gasteiger partial charge in [0.05, 0.1) is 5.69 Å². The molecule has 1 heterocycles. The molecule has 0 aliphatic rings. The average Bonchev–Trinajstić information content (AvgIpc) is 2.63. The van der Waals surface area contributed by atoms with Gasteiger partial charge in [0.1, 0.15) is 0 Å². The third kappa shape index (κ3) is 4.24. The first-order valence-corrected chi connectivity index (χ1v) is 6.32. The van der Waals surface area contributed by atoms with E-state index in [4.69, 9.17) is 0 Å². The van der Waals surface area contributed by atoms with Crippen LogP contribution in [0.2, 0.25) is 0 Å². The Bertz CT molecular complexity index is 395. The minimum absolute atomic E-state index is 0.379. The smallest absolute Gasteiger partial charge is 0.0641 e. The summed E-state index contributed by atoms with van der Waals surface area (Å²) in [4.78, 5) is 0. The predicted octanol–water partition coefficient (Wildman–Crippen LogP) is 2.57. The summed E-state index contributed by atoms with van der Waals surface area (Å²) in [6.45, 7) is 7.19. The summed E-state index contributed by atoms with van der Waals surface area (Å²) < 4.78 is 1.89. The van der Waals surface area contributed by atoms with Gasteiger partial charge in [0.15, 0.2) is 0 Å². The summed E-state index contributed by atoms with van der Waals surface area (Å²) in [7, 11) is 1.97. The Kier molecular flexibility index (Phi) is 5.79. The second kappa shape index (κ2) is 7.13. The van der Waals surface area contributed by atoms with Crippen molar-refractivity contribution >= 4 is 0 Å². The lowest BCUT2D eigenvalue weighted by Crippen LogP contribution is -2.22. The minimum atomic E-state index is 0.379. The molecule has 0 aromatic carbocycles. The zero-order valence-electron chi connectivity index (χ0n) is 11.4. The fraction of sp³-hybridized carbons (Fsp3) is 0.643. The summed E-state index contributed by atoms with van der Waals surface area (Å²) in [6.07, 6.45) is 5.25. The van der Waals surface area contributed by atoms with Gasteiger partial charge in [0.25, 0.3) is 0 Å². The maximum absolute atomic E-state index is 4.41. The third-order valence-corrected chi connectivity index (χ3v) is 2.80. The molecule has 0 aliphatic carbocycles. The summed E-state index contributed by atoms with van der Waals surface area (Å²) in [6, 6.07) is 0.379. The van der Waals surface area contributed by atoms with Crippen LogP contribution in [0.1, 0.15) is 50.4 Å². The van der Waals surface area contributed by atoms with Crippen molar-refractivity contribution in [1.29, 1.82) is 0 Å². The Morgan fingerprint density at radius 3 is 2.82 bits per heavy atom. The largest absolute Gasteiger partial charge is 0.310 e. The highest BCUT2D eigenvalue weighted by molar-refractivity contribution is 5.20. The molecular formula is C14H23N3. The number of nitrogens with zero attached hydrogens (tertiary/aromatic N) is 2. The van der Waals surface area contributed by atoms with Crippen LogP contribution < -0.4 is 5.32 Å². The molecule has 3 heteroatoms. The van der Waals surface area contributed by atoms with Crippen LogP contribution in [0.4, 0.5) is 0 Å². The van der Waals surface area contributed by atoms with E-state index in [0.29, 0.717) is 6.04 Å². The molecule has 0 amide bonds. The quantitative estimate of drug-likeness (QED) is 0.765. The topological polar surface area (TPSA) is 29.9 Å². The second-order valence-corrected chi connectivity index (χ2v) is 4.32. The van der Waals surface area contributed by atoms with Gasteiger partial charge in [-0.1, -0.05) is 6.92 Å². The first-order valence-electron chi connectivity index (χ1n) is 6.32. The molecule has 0 fully saturated rings. The van der Waals surface area contributed by atoms with Crippen molar-refractivity contribution in [2.24, 2.45) is 7.05 Å². The van der Waals surface area contributed by atoms with Gasteiger partial charge in [-0.25, -0.2) is 0 Å². The lowest BCUT2D eigenvalue weighted by atomic mass is 10.0. The molecule has 3 nitrogen and oxygen atoms in total. The fourth-order valence-corrected chi connectivity index (χ4v) is 1.99. The molecule has 0 aliphatic heterocycles. The zero-order valence-corrected chi connectivity index (χ0v) is 11.4. The summed E-state index contributed by atoms with van der Waals surface area (Å²) >= 11 is 0. The Labute approximate surface area is 105 Å². The van der Waals surface area contributed by atoms with Gasteiger partial charge in [-0.2, -0.15) is 5.10 Å². The van der Waals surface area contributed by atoms with E-state index >= 15 is 0 Å². The highest BCUT2D eigenvalue weighted by Crippen LogP contribution is 2.20. The Morgan fingerprint density at radius 1 is 1.53 bits per heavy atom. The monoisotopic (exact) mass is 233 g/mol. The Hall–Kier alpha value is -1.27. The predicted molar refractivity (Wildman–Crippen MR) is 71.7 cm³/mol. The maximum Gasteiger partial charge on any atom is 0.0641 e. The van der Waals surface area contributed by atoms with Crippen molar-refractivity contribution in [1.82, 2.24) is 15.1 Å². The Morgan fingerprint density at radius 2 is 2.29 bits per heavy atom. The van der Waals surface area contributed by atoms with Crippen molar-refractivity contribution < 1.29 is 0 Å². The van der Waals surface area contributed by atoms with Crippen molar-refractivity contribution in [3.63, 3.8) is 0 Å². The zero-order chi connectivity index (χ0) is 12.7. The number of aromatic nitrogens is 2. The van der Waals surface area contributed by atoms with Crippen LogP contribution in [0.25, 0.3) is 0 Å². The van der Waals surface area contributed by atoms with E-state index in [0.717, 1.165) is 31.5 Å². The van der Waals surface area contributed by atoms with Gasteiger partial charge in [0.2, 0.25) is 0 Å². The SMILES string of the molecule is CC#CCCC(NCCC)c1cn(C)nc1C. The summed E-state index contributed by atoms with van der Waals surface area (Å²) in [5.74, 6) is 6.09. The van der Waals surface area contributed by atoms with Gasteiger partial charge in [-0.05, 0) is 33.2 Å². The van der Waals surface area contributed by atoms with E-state index in [-0.39, 0.29) is 0 Å². The van der Waals surface area contributed by atoms with Gasteiger partial charge in [-0.15, -0.1) is 11.8 Å². The number of aryl methyl sites for hydroxylation is 2. The third-order valence-electron chi connectivity index (χ3n) is 2.80. The average molecular weight is 233 g/mol. The molecule has 17 heavy (non-hydrogen) atoms. The normalized spacial score (nSPS) is 12.0. The number of hydrogen-bond donors (Lipinski definition) is 1. The lowest BCUT2D eigenvalue weighted by molar-refractivity contribution is 0.503. The van der Waals surface area contributed by atoms with Crippen LogP contribution in [-0.4, -0.2) is 16.3 Å². The van der Waals surface area contributed by atoms with Crippen molar-refractivity contribution in [2.45, 2.75) is 46.1 Å². The fourth-order valence-electron chi connectivity index (χ4n) is 1.99. The molecule has 1 N–H and O–H groups in total. The molecule has 1 unspecified atom stereocenters. The standard InChI is InChI=1S/C14H23N3/c1-5-7-8-9-14(15-10-6-2)13-11-17(4)16-12(13)3/h11,14-15H,6,8-10H2,1-4H3. The molecular weight excluding hydrogens is 210 g/mol. The van der Waals surface area contributed by atoms with Crippen molar-refractivity contribution in [3.05, 3.63) is 17.5 Å². The van der Waals surface area contributed by atoms with Crippen LogP contribution in [0.5, 0.6) is 0 Å². The maximum atomic E-state index is 4.41. The highest BCUT2D eigenvalue weighted by atomic mass is 15.3. The highest BCUT2D eigenvalue weighted by Gasteiger charge is 2.14. The summed E-state index contributed by atoms with van der Waals surface area (Å²) in [5, 5.41) is 7.99. The van der Waals surface area contributed by atoms with Gasteiger partial charge < -0.3 is 5.32 Å². The van der Waals surface area contributed by atoms with Crippen molar-refractivity contribution in [3.8, 4) is 11.8 Å². The van der Waals surface area contributed by atoms with Crippen LogP contribution >= 0.6 is 0 Å². The number of nitrogens with one attached hydrogen (secondary N) is 1. The molecule has 0 radical (unpaired) electrons. The second-order valence-electron chi connectivity index (χ2n) is 4.32. The van der Waals surface area contributed by atoms with E-state index in [1.807, 2.05) is 18.7 Å². The van der Waals surface area contributed by atoms with E-state index in [1.54, 1.807) is 0 Å². The van der Waals surface area contributed by atoms with Gasteiger partial charge in [-0.3, -0.25) is 4.68 Å². The molecule has 1 atom stereocenters. The molecule has 94 valence electrons. The lowest BCUT2D eigenvalue weighted by Gasteiger charge is -2.16. The van der Waals surface area contributed by atoms with E-state index in [2.05, 4.69) is 42.3 Å². The molecule has 0 saturated heterocycles. The minimum Gasteiger partial charge on any atom is -0.310 e. The van der Waals surface area contributed by atoms with Crippen LogP contribution in [0.3, 0.4) is 0 Å². The molecule has 0 spiro atoms. The van der Waals surface area contributed by atoms with E-state index < -0.39 is 0 Å². The van der Waals surface area contributed by atoms with Crippen LogP contribution in [0, 0.1) is 18.8 Å². The summed E-state index contributed by atoms with van der Waals surface area (Å²) in [5.41, 5.74) is 2.42. The van der Waals surface area contributed by atoms with Crippen LogP contribution in [0.15, 0.2) is 6.20 Å². The molecule has 1 aromatic heterocycles. The molecule has 0 saturated carbocycles. The molecule has 1 rings (SSSR count). The van der Waals surface area contributed by atoms with Gasteiger partial charge in [0, 0.05) is 31.3 Å². The van der Waals surface area contributed by atoms with Gasteiger partial charge >= 0.3 is 0 Å². The van der Waals surface area contributed by atoms with E-state index in [9.17, 15) is 0 Å². The molecule has 1 aromatic rings. The number of hydrogen-bond acceptors (Lipinski definition) is 2.